The van der Waals surface area contributed by atoms with E-state index in [1.165, 1.54) is 18.4 Å². The van der Waals surface area contributed by atoms with Gasteiger partial charge in [0.25, 0.3) is 0 Å². The van der Waals surface area contributed by atoms with Crippen molar-refractivity contribution in [2.24, 2.45) is 0 Å². The molecule has 7 heteroatoms. The third-order valence-electron chi connectivity index (χ3n) is 2.37. The van der Waals surface area contributed by atoms with Crippen molar-refractivity contribution in [2.75, 3.05) is 17.7 Å². The maximum absolute atomic E-state index is 11.8. The standard InChI is InChI=1S/C13H11ClN2O3S/c1-19-12(17)11-10(5-6-20-11)16-13(18)15-9-4-2-3-8(14)7-9/h2-7H,1H3,(H2,15,16,18). The van der Waals surface area contributed by atoms with E-state index in [9.17, 15) is 9.59 Å². The molecule has 0 spiro atoms. The number of urea groups is 1. The Balaban J connectivity index is 2.05. The zero-order valence-electron chi connectivity index (χ0n) is 10.5. The molecule has 0 aliphatic rings. The number of thiophene rings is 1. The molecular formula is C13H11ClN2O3S. The summed E-state index contributed by atoms with van der Waals surface area (Å²) < 4.78 is 4.63. The van der Waals surface area contributed by atoms with E-state index in [2.05, 4.69) is 15.4 Å². The molecule has 0 bridgehead atoms. The Morgan fingerprint density at radius 2 is 2.05 bits per heavy atom. The van der Waals surface area contributed by atoms with Gasteiger partial charge in [0.2, 0.25) is 0 Å². The lowest BCUT2D eigenvalue weighted by molar-refractivity contribution is 0.0607. The van der Waals surface area contributed by atoms with Crippen molar-refractivity contribution in [3.8, 4) is 0 Å². The van der Waals surface area contributed by atoms with E-state index in [-0.39, 0.29) is 0 Å². The maximum Gasteiger partial charge on any atom is 0.350 e. The number of hydrogen-bond donors (Lipinski definition) is 2. The lowest BCUT2D eigenvalue weighted by atomic mass is 10.3. The minimum atomic E-state index is -0.488. The highest BCUT2D eigenvalue weighted by atomic mass is 35.5. The number of hydrogen-bond acceptors (Lipinski definition) is 4. The largest absolute Gasteiger partial charge is 0.465 e. The fourth-order valence-corrected chi connectivity index (χ4v) is 2.47. The highest BCUT2D eigenvalue weighted by molar-refractivity contribution is 7.12. The average Bonchev–Trinajstić information content (AvgIpc) is 2.85. The van der Waals surface area contributed by atoms with Gasteiger partial charge in [-0.2, -0.15) is 0 Å². The zero-order chi connectivity index (χ0) is 14.5. The van der Waals surface area contributed by atoms with Crippen LogP contribution >= 0.6 is 22.9 Å². The number of esters is 1. The number of ether oxygens (including phenoxy) is 1. The van der Waals surface area contributed by atoms with E-state index in [0.717, 1.165) is 0 Å². The summed E-state index contributed by atoms with van der Waals surface area (Å²) in [4.78, 5) is 23.7. The van der Waals surface area contributed by atoms with E-state index < -0.39 is 12.0 Å². The fourth-order valence-electron chi connectivity index (χ4n) is 1.51. The topological polar surface area (TPSA) is 67.4 Å². The SMILES string of the molecule is COC(=O)c1sccc1NC(=O)Nc1cccc(Cl)c1. The summed E-state index contributed by atoms with van der Waals surface area (Å²) in [6.45, 7) is 0. The van der Waals surface area contributed by atoms with Crippen LogP contribution in [0.5, 0.6) is 0 Å². The summed E-state index contributed by atoms with van der Waals surface area (Å²) in [5.74, 6) is -0.488. The van der Waals surface area contributed by atoms with E-state index in [4.69, 9.17) is 11.6 Å². The normalized spacial score (nSPS) is 9.90. The highest BCUT2D eigenvalue weighted by Gasteiger charge is 2.15. The lowest BCUT2D eigenvalue weighted by Crippen LogP contribution is -2.20. The fraction of sp³-hybridized carbons (Fsp3) is 0.0769. The zero-order valence-corrected chi connectivity index (χ0v) is 12.0. The predicted octanol–water partition coefficient (Wildman–Crippen LogP) is 3.83. The molecule has 0 saturated heterocycles. The molecule has 2 rings (SSSR count). The summed E-state index contributed by atoms with van der Waals surface area (Å²) in [6, 6.07) is 7.93. The van der Waals surface area contributed by atoms with Crippen molar-refractivity contribution in [2.45, 2.75) is 0 Å². The first kappa shape index (κ1) is 14.4. The number of carbonyl (C=O) groups excluding carboxylic acids is 2. The molecular weight excluding hydrogens is 300 g/mol. The van der Waals surface area contributed by atoms with Crippen LogP contribution < -0.4 is 10.6 Å². The van der Waals surface area contributed by atoms with Crippen molar-refractivity contribution in [3.05, 3.63) is 45.6 Å². The van der Waals surface area contributed by atoms with Gasteiger partial charge in [-0.1, -0.05) is 17.7 Å². The van der Waals surface area contributed by atoms with Crippen LogP contribution in [0.15, 0.2) is 35.7 Å². The Hall–Kier alpha value is -2.05. The van der Waals surface area contributed by atoms with E-state index in [0.29, 0.717) is 21.3 Å². The van der Waals surface area contributed by atoms with Gasteiger partial charge >= 0.3 is 12.0 Å². The van der Waals surface area contributed by atoms with Crippen LogP contribution in [0.3, 0.4) is 0 Å². The van der Waals surface area contributed by atoms with Gasteiger partial charge in [-0.25, -0.2) is 9.59 Å². The predicted molar refractivity (Wildman–Crippen MR) is 79.8 cm³/mol. The molecule has 1 heterocycles. The average molecular weight is 311 g/mol. The molecule has 0 radical (unpaired) electrons. The highest BCUT2D eigenvalue weighted by Crippen LogP contribution is 2.23. The second-order valence-electron chi connectivity index (χ2n) is 3.74. The molecule has 0 aliphatic carbocycles. The number of nitrogens with one attached hydrogen (secondary N) is 2. The Labute approximate surface area is 124 Å². The minimum absolute atomic E-state index is 0.341. The molecule has 2 aromatic rings. The molecule has 0 unspecified atom stereocenters. The van der Waals surface area contributed by atoms with Crippen molar-refractivity contribution in [3.63, 3.8) is 0 Å². The molecule has 0 saturated carbocycles. The lowest BCUT2D eigenvalue weighted by Gasteiger charge is -2.08. The van der Waals surface area contributed by atoms with Crippen molar-refractivity contribution >= 4 is 46.3 Å². The molecule has 1 aromatic heterocycles. The summed E-state index contributed by atoms with van der Waals surface area (Å²) in [5, 5.41) is 7.43. The van der Waals surface area contributed by atoms with Crippen molar-refractivity contribution < 1.29 is 14.3 Å². The van der Waals surface area contributed by atoms with E-state index >= 15 is 0 Å². The van der Waals surface area contributed by atoms with Crippen LogP contribution in [0.1, 0.15) is 9.67 Å². The van der Waals surface area contributed by atoms with Gasteiger partial charge in [-0.05, 0) is 29.6 Å². The Morgan fingerprint density at radius 3 is 2.75 bits per heavy atom. The quantitative estimate of drug-likeness (QED) is 0.847. The van der Waals surface area contributed by atoms with Crippen LogP contribution in [0.2, 0.25) is 5.02 Å². The molecule has 0 aliphatic heterocycles. The van der Waals surface area contributed by atoms with E-state index in [1.54, 1.807) is 35.7 Å². The molecule has 104 valence electrons. The monoisotopic (exact) mass is 310 g/mol. The number of carbonyl (C=O) groups is 2. The molecule has 20 heavy (non-hydrogen) atoms. The van der Waals surface area contributed by atoms with Gasteiger partial charge in [0, 0.05) is 10.7 Å². The number of amides is 2. The first-order valence-electron chi connectivity index (χ1n) is 5.59. The van der Waals surface area contributed by atoms with Gasteiger partial charge in [0.1, 0.15) is 4.88 Å². The number of anilines is 2. The van der Waals surface area contributed by atoms with Crippen LogP contribution in [0.25, 0.3) is 0 Å². The van der Waals surface area contributed by atoms with Gasteiger partial charge in [-0.15, -0.1) is 11.3 Å². The van der Waals surface area contributed by atoms with Crippen LogP contribution in [0, 0.1) is 0 Å². The first-order chi connectivity index (χ1) is 9.60. The second kappa shape index (κ2) is 6.40. The molecule has 1 aromatic carbocycles. The molecule has 0 fully saturated rings. The maximum atomic E-state index is 11.8. The molecule has 2 amide bonds. The molecule has 5 nitrogen and oxygen atoms in total. The third kappa shape index (κ3) is 3.49. The van der Waals surface area contributed by atoms with Gasteiger partial charge < -0.3 is 15.4 Å². The van der Waals surface area contributed by atoms with Crippen molar-refractivity contribution in [1.82, 2.24) is 0 Å². The Bertz CT molecular complexity index is 642. The summed E-state index contributed by atoms with van der Waals surface area (Å²) in [6.07, 6.45) is 0. The summed E-state index contributed by atoms with van der Waals surface area (Å²) in [5.41, 5.74) is 0.964. The molecule has 2 N–H and O–H groups in total. The van der Waals surface area contributed by atoms with Crippen LogP contribution in [-0.2, 0) is 4.74 Å². The number of rotatable bonds is 3. The van der Waals surface area contributed by atoms with Crippen molar-refractivity contribution in [1.29, 1.82) is 0 Å². The van der Waals surface area contributed by atoms with Gasteiger partial charge in [0.15, 0.2) is 0 Å². The summed E-state index contributed by atoms with van der Waals surface area (Å²) >= 11 is 7.02. The third-order valence-corrected chi connectivity index (χ3v) is 3.50. The van der Waals surface area contributed by atoms with Gasteiger partial charge in [0.05, 0.1) is 12.8 Å². The Kier molecular flexibility index (Phi) is 4.60. The number of methoxy groups -OCH3 is 1. The van der Waals surface area contributed by atoms with Crippen LogP contribution in [-0.4, -0.2) is 19.1 Å². The van der Waals surface area contributed by atoms with Gasteiger partial charge in [-0.3, -0.25) is 0 Å². The summed E-state index contributed by atoms with van der Waals surface area (Å²) in [7, 11) is 1.29. The number of benzene rings is 1. The molecule has 0 atom stereocenters. The minimum Gasteiger partial charge on any atom is -0.465 e. The Morgan fingerprint density at radius 1 is 1.25 bits per heavy atom. The number of halogens is 1. The van der Waals surface area contributed by atoms with Crippen LogP contribution in [0.4, 0.5) is 16.2 Å². The van der Waals surface area contributed by atoms with E-state index in [1.807, 2.05) is 0 Å². The second-order valence-corrected chi connectivity index (χ2v) is 5.10. The smallest absolute Gasteiger partial charge is 0.350 e. The first-order valence-corrected chi connectivity index (χ1v) is 6.85.